The molecule has 3 rings (SSSR count). The van der Waals surface area contributed by atoms with Crippen molar-refractivity contribution >= 4 is 27.7 Å². The first-order valence-corrected chi connectivity index (χ1v) is 12.9. The van der Waals surface area contributed by atoms with Crippen LogP contribution in [0.1, 0.15) is 47.0 Å². The van der Waals surface area contributed by atoms with E-state index in [9.17, 15) is 13.2 Å². The molecule has 1 amide bonds. The van der Waals surface area contributed by atoms with Gasteiger partial charge in [0.25, 0.3) is 5.91 Å². The van der Waals surface area contributed by atoms with Gasteiger partial charge >= 0.3 is 0 Å². The number of hydrogen-bond acceptors (Lipinski definition) is 4. The Bertz CT molecular complexity index is 970. The summed E-state index contributed by atoms with van der Waals surface area (Å²) in [5, 5.41) is 0.394. The Morgan fingerprint density at radius 1 is 1.07 bits per heavy atom. The normalized spacial score (nSPS) is 17.7. The summed E-state index contributed by atoms with van der Waals surface area (Å²) in [5.41, 5.74) is 3.18. The minimum Gasteiger partial charge on any atom is -0.338 e. The van der Waals surface area contributed by atoms with Crippen molar-refractivity contribution in [1.82, 2.24) is 9.21 Å². The van der Waals surface area contributed by atoms with E-state index < -0.39 is 10.0 Å². The molecule has 0 aliphatic carbocycles. The van der Waals surface area contributed by atoms with Crippen LogP contribution in [0.2, 0.25) is 0 Å². The number of thioether (sulfide) groups is 1. The van der Waals surface area contributed by atoms with E-state index in [1.54, 1.807) is 24.3 Å². The topological polar surface area (TPSA) is 57.7 Å². The summed E-state index contributed by atoms with van der Waals surface area (Å²) in [6.45, 7) is 8.02. The number of hydrogen-bond donors (Lipinski definition) is 0. The summed E-state index contributed by atoms with van der Waals surface area (Å²) in [6, 6.07) is 14.8. The predicted molar refractivity (Wildman–Crippen MR) is 123 cm³/mol. The van der Waals surface area contributed by atoms with Crippen LogP contribution in [0.4, 0.5) is 0 Å². The number of nitrogens with zero attached hydrogens (tertiary/aromatic N) is 2. The summed E-state index contributed by atoms with van der Waals surface area (Å²) < 4.78 is 26.7. The minimum absolute atomic E-state index is 0.0344. The van der Waals surface area contributed by atoms with Crippen molar-refractivity contribution in [1.29, 1.82) is 0 Å². The first-order chi connectivity index (χ1) is 14.4. The first-order valence-electron chi connectivity index (χ1n) is 10.4. The summed E-state index contributed by atoms with van der Waals surface area (Å²) in [6.07, 6.45) is 0.912. The molecule has 7 heteroatoms. The predicted octanol–water partition coefficient (Wildman–Crippen LogP) is 4.35. The highest BCUT2D eigenvalue weighted by Gasteiger charge is 2.25. The monoisotopic (exact) mass is 446 g/mol. The van der Waals surface area contributed by atoms with Crippen LogP contribution in [-0.2, 0) is 10.0 Å². The fourth-order valence-electron chi connectivity index (χ4n) is 3.83. The second-order valence-corrected chi connectivity index (χ2v) is 10.7. The van der Waals surface area contributed by atoms with Gasteiger partial charge in [0.1, 0.15) is 0 Å². The highest BCUT2D eigenvalue weighted by molar-refractivity contribution is 7.99. The zero-order chi connectivity index (χ0) is 21.7. The van der Waals surface area contributed by atoms with Crippen molar-refractivity contribution < 1.29 is 13.2 Å². The van der Waals surface area contributed by atoms with Crippen LogP contribution in [0, 0.1) is 6.92 Å². The van der Waals surface area contributed by atoms with Gasteiger partial charge in [-0.1, -0.05) is 38.1 Å². The molecule has 162 valence electrons. The Morgan fingerprint density at radius 3 is 2.37 bits per heavy atom. The Labute approximate surface area is 184 Å². The van der Waals surface area contributed by atoms with Crippen molar-refractivity contribution in [3.05, 3.63) is 65.2 Å². The Morgan fingerprint density at radius 2 is 1.73 bits per heavy atom. The lowest BCUT2D eigenvalue weighted by Crippen LogP contribution is -2.33. The smallest absolute Gasteiger partial charge is 0.253 e. The van der Waals surface area contributed by atoms with Crippen LogP contribution in [0.5, 0.6) is 0 Å². The van der Waals surface area contributed by atoms with Gasteiger partial charge in [0.15, 0.2) is 0 Å². The van der Waals surface area contributed by atoms with Gasteiger partial charge in [0.05, 0.1) is 4.90 Å². The fourth-order valence-corrected chi connectivity index (χ4v) is 6.62. The average molecular weight is 447 g/mol. The molecule has 1 fully saturated rings. The second-order valence-electron chi connectivity index (χ2n) is 7.41. The van der Waals surface area contributed by atoms with Crippen molar-refractivity contribution in [2.45, 2.75) is 37.3 Å². The quantitative estimate of drug-likeness (QED) is 0.662. The highest BCUT2D eigenvalue weighted by Crippen LogP contribution is 2.36. The van der Waals surface area contributed by atoms with Crippen LogP contribution in [0.15, 0.2) is 53.4 Å². The molecular formula is C23H30N2O3S2. The number of carbonyl (C=O) groups excluding carboxylic acids is 1. The molecule has 2 aromatic carbocycles. The second kappa shape index (κ2) is 9.98. The molecule has 1 heterocycles. The van der Waals surface area contributed by atoms with E-state index in [1.807, 2.05) is 30.5 Å². The summed E-state index contributed by atoms with van der Waals surface area (Å²) in [5.74, 6) is 0.854. The maximum atomic E-state index is 13.0. The van der Waals surface area contributed by atoms with Gasteiger partial charge in [0.2, 0.25) is 10.0 Å². The molecule has 1 unspecified atom stereocenters. The van der Waals surface area contributed by atoms with Gasteiger partial charge in [-0.25, -0.2) is 8.42 Å². The maximum absolute atomic E-state index is 13.0. The standard InChI is InChI=1S/C23H30N2O3S2/c1-4-25(5-2)30(27,28)20-12-10-19(11-13-20)23(26)24-15-14-22(29-17-16-24)21-9-7-6-8-18(21)3/h6-13,22H,4-5,14-17H2,1-3H3. The third kappa shape index (κ3) is 4.90. The molecule has 0 radical (unpaired) electrons. The Kier molecular flexibility index (Phi) is 7.60. The summed E-state index contributed by atoms with van der Waals surface area (Å²) >= 11 is 1.90. The number of sulfonamides is 1. The number of aryl methyl sites for hydroxylation is 1. The van der Waals surface area contributed by atoms with E-state index in [-0.39, 0.29) is 10.8 Å². The van der Waals surface area contributed by atoms with Gasteiger partial charge < -0.3 is 4.90 Å². The highest BCUT2D eigenvalue weighted by atomic mass is 32.2. The first kappa shape index (κ1) is 22.8. The van der Waals surface area contributed by atoms with Gasteiger partial charge in [-0.05, 0) is 48.7 Å². The molecule has 1 atom stereocenters. The van der Waals surface area contributed by atoms with E-state index in [0.29, 0.717) is 37.0 Å². The lowest BCUT2D eigenvalue weighted by atomic mass is 10.0. The molecule has 1 aliphatic rings. The van der Waals surface area contributed by atoms with E-state index in [2.05, 4.69) is 31.2 Å². The third-order valence-electron chi connectivity index (χ3n) is 5.61. The van der Waals surface area contributed by atoms with E-state index in [1.165, 1.54) is 15.4 Å². The number of carbonyl (C=O) groups is 1. The van der Waals surface area contributed by atoms with Crippen LogP contribution in [0.25, 0.3) is 0 Å². The van der Waals surface area contributed by atoms with Crippen LogP contribution < -0.4 is 0 Å². The van der Waals surface area contributed by atoms with Crippen molar-refractivity contribution in [2.75, 3.05) is 31.9 Å². The lowest BCUT2D eigenvalue weighted by molar-refractivity contribution is 0.0766. The van der Waals surface area contributed by atoms with Crippen molar-refractivity contribution in [3.8, 4) is 0 Å². The molecule has 0 bridgehead atoms. The van der Waals surface area contributed by atoms with Crippen LogP contribution in [0.3, 0.4) is 0 Å². The average Bonchev–Trinajstić information content (AvgIpc) is 3.00. The van der Waals surface area contributed by atoms with Gasteiger partial charge in [-0.3, -0.25) is 4.79 Å². The molecule has 0 spiro atoms. The number of rotatable bonds is 6. The lowest BCUT2D eigenvalue weighted by Gasteiger charge is -2.21. The van der Waals surface area contributed by atoms with E-state index >= 15 is 0 Å². The Hall–Kier alpha value is -1.83. The van der Waals surface area contributed by atoms with Crippen molar-refractivity contribution in [3.63, 3.8) is 0 Å². The zero-order valence-corrected chi connectivity index (χ0v) is 19.5. The molecule has 0 saturated carbocycles. The molecule has 1 aliphatic heterocycles. The maximum Gasteiger partial charge on any atom is 0.253 e. The van der Waals surface area contributed by atoms with E-state index in [0.717, 1.165) is 12.2 Å². The van der Waals surface area contributed by atoms with Gasteiger partial charge in [-0.2, -0.15) is 16.1 Å². The molecule has 1 saturated heterocycles. The molecule has 5 nitrogen and oxygen atoms in total. The Balaban J connectivity index is 1.70. The molecule has 2 aromatic rings. The SMILES string of the molecule is CCN(CC)S(=O)(=O)c1ccc(C(=O)N2CCSC(c3ccccc3C)CC2)cc1. The van der Waals surface area contributed by atoms with Crippen LogP contribution >= 0.6 is 11.8 Å². The molecule has 0 N–H and O–H groups in total. The van der Waals surface area contributed by atoms with Crippen molar-refractivity contribution in [2.24, 2.45) is 0 Å². The van der Waals surface area contributed by atoms with Gasteiger partial charge in [0, 0.05) is 42.7 Å². The van der Waals surface area contributed by atoms with E-state index in [4.69, 9.17) is 0 Å². The third-order valence-corrected chi connectivity index (χ3v) is 8.98. The largest absolute Gasteiger partial charge is 0.338 e. The number of amides is 1. The molecule has 0 aromatic heterocycles. The number of benzene rings is 2. The minimum atomic E-state index is -3.51. The molecule has 30 heavy (non-hydrogen) atoms. The summed E-state index contributed by atoms with van der Waals surface area (Å²) in [4.78, 5) is 15.1. The van der Waals surface area contributed by atoms with Crippen LogP contribution in [-0.4, -0.2) is 55.5 Å². The molecular weight excluding hydrogens is 416 g/mol. The summed E-state index contributed by atoms with van der Waals surface area (Å²) in [7, 11) is -3.51. The zero-order valence-electron chi connectivity index (χ0n) is 17.9. The fraction of sp³-hybridized carbons (Fsp3) is 0.435. The van der Waals surface area contributed by atoms with Gasteiger partial charge in [-0.15, -0.1) is 0 Å².